The van der Waals surface area contributed by atoms with Gasteiger partial charge >= 0.3 is 0 Å². The van der Waals surface area contributed by atoms with Gasteiger partial charge in [0.2, 0.25) is 0 Å². The summed E-state index contributed by atoms with van der Waals surface area (Å²) in [6.07, 6.45) is 1.69. The lowest BCUT2D eigenvalue weighted by atomic mass is 10.1. The van der Waals surface area contributed by atoms with Crippen LogP contribution >= 0.6 is 23.4 Å². The molecule has 1 heterocycles. The summed E-state index contributed by atoms with van der Waals surface area (Å²) in [4.78, 5) is 25.6. The Morgan fingerprint density at radius 3 is 2.48 bits per heavy atom. The van der Waals surface area contributed by atoms with Gasteiger partial charge in [0.05, 0.1) is 12.0 Å². The fourth-order valence-corrected chi connectivity index (χ4v) is 3.59. The molecule has 3 rings (SSSR count). The molecule has 1 saturated heterocycles. The second-order valence-corrected chi connectivity index (χ2v) is 7.18. The third kappa shape index (κ3) is 4.46. The first-order chi connectivity index (χ1) is 13.0. The number of imide groups is 1. The van der Waals surface area contributed by atoms with E-state index in [9.17, 15) is 9.59 Å². The van der Waals surface area contributed by atoms with E-state index in [1.54, 1.807) is 32.2 Å². The van der Waals surface area contributed by atoms with Gasteiger partial charge in [0.15, 0.2) is 11.5 Å². The van der Waals surface area contributed by atoms with Gasteiger partial charge in [-0.1, -0.05) is 29.8 Å². The Morgan fingerprint density at radius 2 is 1.85 bits per heavy atom. The minimum atomic E-state index is -0.269. The van der Waals surface area contributed by atoms with E-state index in [1.165, 1.54) is 4.90 Å². The van der Waals surface area contributed by atoms with Crippen LogP contribution in [0.2, 0.25) is 5.02 Å². The zero-order valence-electron chi connectivity index (χ0n) is 14.9. The third-order valence-corrected chi connectivity index (χ3v) is 5.14. The molecule has 0 unspecified atom stereocenters. The van der Waals surface area contributed by atoms with Gasteiger partial charge in [0.1, 0.15) is 6.61 Å². The van der Waals surface area contributed by atoms with E-state index in [1.807, 2.05) is 30.3 Å². The van der Waals surface area contributed by atoms with Crippen LogP contribution in [0.25, 0.3) is 6.08 Å². The maximum Gasteiger partial charge on any atom is 0.293 e. The molecule has 27 heavy (non-hydrogen) atoms. The van der Waals surface area contributed by atoms with Crippen LogP contribution in [0.5, 0.6) is 11.5 Å². The van der Waals surface area contributed by atoms with Crippen molar-refractivity contribution in [3.05, 3.63) is 63.5 Å². The van der Waals surface area contributed by atoms with E-state index in [2.05, 4.69) is 0 Å². The second kappa shape index (κ2) is 8.50. The molecule has 0 radical (unpaired) electrons. The molecule has 1 aliphatic rings. The third-order valence-electron chi connectivity index (χ3n) is 3.98. The monoisotopic (exact) mass is 403 g/mol. The van der Waals surface area contributed by atoms with Crippen molar-refractivity contribution in [3.8, 4) is 11.5 Å². The summed E-state index contributed by atoms with van der Waals surface area (Å²) in [7, 11) is 1.55. The number of carbonyl (C=O) groups excluding carboxylic acids is 2. The first kappa shape index (κ1) is 19.3. The average molecular weight is 404 g/mol. The first-order valence-corrected chi connectivity index (χ1v) is 9.52. The number of ether oxygens (including phenoxy) is 2. The molecule has 1 aliphatic heterocycles. The van der Waals surface area contributed by atoms with Gasteiger partial charge in [-0.15, -0.1) is 0 Å². The van der Waals surface area contributed by atoms with Gasteiger partial charge in [-0.25, -0.2) is 0 Å². The highest BCUT2D eigenvalue weighted by Crippen LogP contribution is 2.34. The molecule has 0 aliphatic carbocycles. The number of benzene rings is 2. The van der Waals surface area contributed by atoms with Gasteiger partial charge in [0, 0.05) is 11.6 Å². The Hall–Kier alpha value is -2.44. The summed E-state index contributed by atoms with van der Waals surface area (Å²) < 4.78 is 11.2. The number of likely N-dealkylation sites (N-methyl/N-ethyl adjacent to an activating group) is 1. The normalized spacial score (nSPS) is 15.5. The predicted molar refractivity (Wildman–Crippen MR) is 107 cm³/mol. The summed E-state index contributed by atoms with van der Waals surface area (Å²) >= 11 is 6.83. The fourth-order valence-electron chi connectivity index (χ4n) is 2.56. The first-order valence-electron chi connectivity index (χ1n) is 8.32. The fraction of sp³-hybridized carbons (Fsp3) is 0.200. The van der Waals surface area contributed by atoms with Crippen LogP contribution in [0.4, 0.5) is 4.79 Å². The van der Waals surface area contributed by atoms with Gasteiger partial charge in [-0.05, 0) is 60.2 Å². The Balaban J connectivity index is 1.76. The summed E-state index contributed by atoms with van der Waals surface area (Å²) in [6.45, 7) is 2.51. The highest BCUT2D eigenvalue weighted by Gasteiger charge is 2.33. The SMILES string of the molecule is CCN1C(=O)S/C(=C\c2ccc(OCc3ccc(Cl)cc3)c(OC)c2)C1=O. The topological polar surface area (TPSA) is 55.8 Å². The van der Waals surface area contributed by atoms with Crippen LogP contribution in [0.1, 0.15) is 18.1 Å². The number of hydrogen-bond donors (Lipinski definition) is 0. The van der Waals surface area contributed by atoms with Gasteiger partial charge in [-0.3, -0.25) is 14.5 Å². The number of halogens is 1. The molecular formula is C20H18ClNO4S. The number of thioether (sulfide) groups is 1. The highest BCUT2D eigenvalue weighted by atomic mass is 35.5. The summed E-state index contributed by atoms with van der Waals surface area (Å²) in [6, 6.07) is 12.8. The molecule has 0 N–H and O–H groups in total. The van der Waals surface area contributed by atoms with Gasteiger partial charge in [0.25, 0.3) is 11.1 Å². The maximum absolute atomic E-state index is 12.2. The van der Waals surface area contributed by atoms with E-state index >= 15 is 0 Å². The zero-order valence-corrected chi connectivity index (χ0v) is 16.5. The molecule has 1 fully saturated rings. The standard InChI is InChI=1S/C20H18ClNO4S/c1-3-22-19(23)18(27-20(22)24)11-14-6-9-16(17(10-14)25-2)26-12-13-4-7-15(21)8-5-13/h4-11H,3,12H2,1-2H3/b18-11-. The lowest BCUT2D eigenvalue weighted by Crippen LogP contribution is -2.27. The van der Waals surface area contributed by atoms with Crippen LogP contribution < -0.4 is 9.47 Å². The molecule has 0 saturated carbocycles. The largest absolute Gasteiger partial charge is 0.493 e. The van der Waals surface area contributed by atoms with Crippen LogP contribution in [-0.2, 0) is 11.4 Å². The number of hydrogen-bond acceptors (Lipinski definition) is 5. The Kier molecular flexibility index (Phi) is 6.08. The zero-order chi connectivity index (χ0) is 19.4. The molecule has 0 atom stereocenters. The van der Waals surface area contributed by atoms with Gasteiger partial charge in [-0.2, -0.15) is 0 Å². The summed E-state index contributed by atoms with van der Waals surface area (Å²) in [5, 5.41) is 0.428. The molecule has 2 aromatic rings. The molecule has 7 heteroatoms. The van der Waals surface area contributed by atoms with Crippen molar-refractivity contribution in [1.82, 2.24) is 4.90 Å². The molecule has 0 bridgehead atoms. The Bertz CT molecular complexity index is 895. The number of amides is 2. The van der Waals surface area contributed by atoms with Crippen molar-refractivity contribution >= 4 is 40.6 Å². The van der Waals surface area contributed by atoms with Crippen molar-refractivity contribution in [1.29, 1.82) is 0 Å². The minimum absolute atomic E-state index is 0.247. The van der Waals surface area contributed by atoms with E-state index in [0.717, 1.165) is 22.9 Å². The van der Waals surface area contributed by atoms with Crippen molar-refractivity contribution in [2.75, 3.05) is 13.7 Å². The quantitative estimate of drug-likeness (QED) is 0.636. The molecule has 140 valence electrons. The Labute approximate surface area is 166 Å². The molecule has 5 nitrogen and oxygen atoms in total. The number of nitrogens with zero attached hydrogens (tertiary/aromatic N) is 1. The number of carbonyl (C=O) groups is 2. The molecule has 2 aromatic carbocycles. The maximum atomic E-state index is 12.2. The van der Waals surface area contributed by atoms with E-state index in [-0.39, 0.29) is 11.1 Å². The highest BCUT2D eigenvalue weighted by molar-refractivity contribution is 8.18. The van der Waals surface area contributed by atoms with Crippen LogP contribution in [0.3, 0.4) is 0 Å². The molecule has 0 aromatic heterocycles. The van der Waals surface area contributed by atoms with Gasteiger partial charge < -0.3 is 9.47 Å². The van der Waals surface area contributed by atoms with Crippen molar-refractivity contribution < 1.29 is 19.1 Å². The van der Waals surface area contributed by atoms with E-state index < -0.39 is 0 Å². The number of rotatable bonds is 6. The molecular weight excluding hydrogens is 386 g/mol. The predicted octanol–water partition coefficient (Wildman–Crippen LogP) is 4.98. The Morgan fingerprint density at radius 1 is 1.11 bits per heavy atom. The lowest BCUT2D eigenvalue weighted by Gasteiger charge is -2.12. The lowest BCUT2D eigenvalue weighted by molar-refractivity contribution is -0.122. The second-order valence-electron chi connectivity index (χ2n) is 5.75. The molecule has 2 amide bonds. The minimum Gasteiger partial charge on any atom is -0.493 e. The van der Waals surface area contributed by atoms with Crippen molar-refractivity contribution in [2.45, 2.75) is 13.5 Å². The van der Waals surface area contributed by atoms with Crippen LogP contribution in [0.15, 0.2) is 47.4 Å². The summed E-state index contributed by atoms with van der Waals surface area (Å²) in [5.74, 6) is 0.869. The van der Waals surface area contributed by atoms with Crippen LogP contribution in [-0.4, -0.2) is 29.7 Å². The smallest absolute Gasteiger partial charge is 0.293 e. The summed E-state index contributed by atoms with van der Waals surface area (Å²) in [5.41, 5.74) is 1.74. The van der Waals surface area contributed by atoms with Crippen LogP contribution in [0, 0.1) is 0 Å². The average Bonchev–Trinajstić information content (AvgIpc) is 2.94. The van der Waals surface area contributed by atoms with E-state index in [0.29, 0.717) is 34.6 Å². The molecule has 0 spiro atoms. The van der Waals surface area contributed by atoms with Crippen molar-refractivity contribution in [3.63, 3.8) is 0 Å². The van der Waals surface area contributed by atoms with Crippen molar-refractivity contribution in [2.24, 2.45) is 0 Å². The number of methoxy groups -OCH3 is 1. The van der Waals surface area contributed by atoms with E-state index in [4.69, 9.17) is 21.1 Å².